The third-order valence-electron chi connectivity index (χ3n) is 4.47. The lowest BCUT2D eigenvalue weighted by Crippen LogP contribution is -2.54. The van der Waals surface area contributed by atoms with Crippen LogP contribution >= 0.6 is 0 Å². The van der Waals surface area contributed by atoms with Gasteiger partial charge in [0, 0.05) is 17.9 Å². The number of nitrogen functional groups attached to an aromatic ring is 2. The highest BCUT2D eigenvalue weighted by atomic mass is 16.2. The summed E-state index contributed by atoms with van der Waals surface area (Å²) < 4.78 is 3.27. The molecule has 0 bridgehead atoms. The van der Waals surface area contributed by atoms with E-state index in [4.69, 9.17) is 11.5 Å². The Balaban J connectivity index is 2.13. The van der Waals surface area contributed by atoms with Crippen molar-refractivity contribution in [2.45, 2.75) is 33.0 Å². The molecular weight excluding hydrogens is 358 g/mol. The molecule has 3 rings (SSSR count). The van der Waals surface area contributed by atoms with E-state index < -0.39 is 17.1 Å². The molecule has 8 heteroatoms. The number of hydrogen-bond donors (Lipinski definition) is 2. The van der Waals surface area contributed by atoms with Crippen molar-refractivity contribution < 1.29 is 0 Å². The van der Waals surface area contributed by atoms with E-state index in [9.17, 15) is 14.4 Å². The highest BCUT2D eigenvalue weighted by molar-refractivity contribution is 5.40. The van der Waals surface area contributed by atoms with Gasteiger partial charge in [0.05, 0.1) is 13.1 Å². The van der Waals surface area contributed by atoms with Gasteiger partial charge in [0.1, 0.15) is 0 Å². The summed E-state index contributed by atoms with van der Waals surface area (Å²) in [6.45, 7) is 2.22. The molecule has 0 amide bonds. The Morgan fingerprint density at radius 1 is 0.643 bits per heavy atom. The van der Waals surface area contributed by atoms with Crippen LogP contribution in [0.2, 0.25) is 0 Å². The zero-order valence-corrected chi connectivity index (χ0v) is 15.7. The number of nitrogens with two attached hydrogens (primary N) is 2. The van der Waals surface area contributed by atoms with E-state index in [0.717, 1.165) is 24.8 Å². The van der Waals surface area contributed by atoms with Crippen molar-refractivity contribution >= 4 is 11.4 Å². The number of hydrogen-bond acceptors (Lipinski definition) is 5. The quantitative estimate of drug-likeness (QED) is 0.614. The van der Waals surface area contributed by atoms with Crippen LogP contribution in [0.4, 0.5) is 11.4 Å². The van der Waals surface area contributed by atoms with Crippen LogP contribution in [-0.4, -0.2) is 13.7 Å². The van der Waals surface area contributed by atoms with E-state index in [0.29, 0.717) is 17.8 Å². The maximum Gasteiger partial charge on any atom is 0.336 e. The molecule has 8 nitrogen and oxygen atoms in total. The topological polar surface area (TPSA) is 118 Å². The van der Waals surface area contributed by atoms with Crippen LogP contribution in [0.3, 0.4) is 0 Å². The lowest BCUT2D eigenvalue weighted by molar-refractivity contribution is 0.470. The Bertz CT molecular complexity index is 1050. The first kappa shape index (κ1) is 19.2. The highest BCUT2D eigenvalue weighted by Gasteiger charge is 2.15. The van der Waals surface area contributed by atoms with Crippen molar-refractivity contribution in [1.82, 2.24) is 13.7 Å². The molecule has 0 fully saturated rings. The lowest BCUT2D eigenvalue weighted by atomic mass is 10.2. The number of benzene rings is 2. The fraction of sp³-hybridized carbons (Fsp3) is 0.250. The number of anilines is 2. The number of rotatable bonds is 6. The average molecular weight is 381 g/mol. The minimum Gasteiger partial charge on any atom is -0.399 e. The van der Waals surface area contributed by atoms with Crippen LogP contribution < -0.4 is 28.5 Å². The molecule has 28 heavy (non-hydrogen) atoms. The van der Waals surface area contributed by atoms with Crippen molar-refractivity contribution in [3.05, 3.63) is 91.1 Å². The molecule has 146 valence electrons. The third-order valence-corrected chi connectivity index (χ3v) is 4.47. The van der Waals surface area contributed by atoms with E-state index >= 15 is 0 Å². The molecule has 0 saturated heterocycles. The SMILES string of the molecule is CCCn1c(=O)n(Cc2ccc(N)cc2)c(=O)n(Cc2ccc(N)cc2)c1=O. The lowest BCUT2D eigenvalue weighted by Gasteiger charge is -2.14. The highest BCUT2D eigenvalue weighted by Crippen LogP contribution is 2.07. The smallest absolute Gasteiger partial charge is 0.336 e. The summed E-state index contributed by atoms with van der Waals surface area (Å²) in [6, 6.07) is 13.8. The summed E-state index contributed by atoms with van der Waals surface area (Å²) in [6.07, 6.45) is 0.594. The summed E-state index contributed by atoms with van der Waals surface area (Å²) in [5.74, 6) is 0. The second kappa shape index (κ2) is 7.99. The van der Waals surface area contributed by atoms with Crippen LogP contribution in [0.5, 0.6) is 0 Å². The molecule has 2 aromatic carbocycles. The van der Waals surface area contributed by atoms with Crippen LogP contribution in [0.25, 0.3) is 0 Å². The standard InChI is InChI=1S/C20H23N5O3/c1-2-11-23-18(26)24(12-14-3-7-16(21)8-4-14)20(28)25(19(23)27)13-15-5-9-17(22)10-6-15/h3-10H,2,11-13,21-22H2,1H3. The molecule has 1 aromatic heterocycles. The van der Waals surface area contributed by atoms with Crippen LogP contribution in [0, 0.1) is 0 Å². The van der Waals surface area contributed by atoms with E-state index in [1.807, 2.05) is 6.92 Å². The van der Waals surface area contributed by atoms with E-state index in [1.165, 1.54) is 0 Å². The molecule has 0 aliphatic carbocycles. The Labute approximate surface area is 161 Å². The summed E-state index contributed by atoms with van der Waals surface area (Å²) in [7, 11) is 0. The molecule has 0 spiro atoms. The zero-order valence-electron chi connectivity index (χ0n) is 15.7. The summed E-state index contributed by atoms with van der Waals surface area (Å²) in [4.78, 5) is 38.6. The van der Waals surface area contributed by atoms with Gasteiger partial charge in [0.15, 0.2) is 0 Å². The fourth-order valence-electron chi connectivity index (χ4n) is 2.98. The third kappa shape index (κ3) is 3.90. The second-order valence-electron chi connectivity index (χ2n) is 6.65. The van der Waals surface area contributed by atoms with Gasteiger partial charge in [0.25, 0.3) is 0 Å². The van der Waals surface area contributed by atoms with Gasteiger partial charge in [-0.1, -0.05) is 31.2 Å². The molecule has 3 aromatic rings. The second-order valence-corrected chi connectivity index (χ2v) is 6.65. The van der Waals surface area contributed by atoms with Gasteiger partial charge in [0.2, 0.25) is 0 Å². The maximum atomic E-state index is 13.0. The minimum atomic E-state index is -0.643. The zero-order chi connectivity index (χ0) is 20.3. The van der Waals surface area contributed by atoms with E-state index in [2.05, 4.69) is 0 Å². The number of aromatic nitrogens is 3. The van der Waals surface area contributed by atoms with Crippen LogP contribution in [-0.2, 0) is 19.6 Å². The summed E-state index contributed by atoms with van der Waals surface area (Å²) >= 11 is 0. The van der Waals surface area contributed by atoms with Gasteiger partial charge in [-0.05, 0) is 41.8 Å². The molecule has 1 heterocycles. The maximum absolute atomic E-state index is 13.0. The van der Waals surface area contributed by atoms with Crippen molar-refractivity contribution in [2.75, 3.05) is 11.5 Å². The molecule has 0 aliphatic heterocycles. The van der Waals surface area contributed by atoms with Gasteiger partial charge in [-0.15, -0.1) is 0 Å². The summed E-state index contributed by atoms with van der Waals surface area (Å²) in [5.41, 5.74) is 12.2. The fourth-order valence-corrected chi connectivity index (χ4v) is 2.98. The first-order valence-corrected chi connectivity index (χ1v) is 9.04. The van der Waals surface area contributed by atoms with Gasteiger partial charge < -0.3 is 11.5 Å². The van der Waals surface area contributed by atoms with Crippen LogP contribution in [0.1, 0.15) is 24.5 Å². The van der Waals surface area contributed by atoms with Gasteiger partial charge in [-0.3, -0.25) is 0 Å². The Kier molecular flexibility index (Phi) is 5.49. The average Bonchev–Trinajstić information content (AvgIpc) is 2.69. The molecular formula is C20H23N5O3. The van der Waals surface area contributed by atoms with Gasteiger partial charge >= 0.3 is 17.1 Å². The molecule has 0 saturated carbocycles. The van der Waals surface area contributed by atoms with Crippen molar-refractivity contribution in [1.29, 1.82) is 0 Å². The normalized spacial score (nSPS) is 10.9. The van der Waals surface area contributed by atoms with Crippen molar-refractivity contribution in [3.8, 4) is 0 Å². The Morgan fingerprint density at radius 3 is 1.36 bits per heavy atom. The number of nitrogens with zero attached hydrogens (tertiary/aromatic N) is 3. The molecule has 0 atom stereocenters. The molecule has 4 N–H and O–H groups in total. The predicted octanol–water partition coefficient (Wildman–Crippen LogP) is 0.843. The monoisotopic (exact) mass is 381 g/mol. The van der Waals surface area contributed by atoms with Gasteiger partial charge in [-0.2, -0.15) is 0 Å². The van der Waals surface area contributed by atoms with E-state index in [1.54, 1.807) is 48.5 Å². The first-order valence-electron chi connectivity index (χ1n) is 9.04. The van der Waals surface area contributed by atoms with Crippen molar-refractivity contribution in [3.63, 3.8) is 0 Å². The largest absolute Gasteiger partial charge is 0.399 e. The van der Waals surface area contributed by atoms with Crippen molar-refractivity contribution in [2.24, 2.45) is 0 Å². The van der Waals surface area contributed by atoms with E-state index in [-0.39, 0.29) is 19.6 Å². The molecule has 0 unspecified atom stereocenters. The van der Waals surface area contributed by atoms with Gasteiger partial charge in [-0.25, -0.2) is 28.1 Å². The Morgan fingerprint density at radius 2 is 1.00 bits per heavy atom. The van der Waals surface area contributed by atoms with Crippen LogP contribution in [0.15, 0.2) is 62.9 Å². The Hall–Kier alpha value is -3.55. The molecule has 0 aliphatic rings. The molecule has 0 radical (unpaired) electrons. The first-order chi connectivity index (χ1) is 13.4. The predicted molar refractivity (Wildman–Crippen MR) is 109 cm³/mol. The minimum absolute atomic E-state index is 0.0592. The summed E-state index contributed by atoms with van der Waals surface area (Å²) in [5, 5.41) is 0.